The van der Waals surface area contributed by atoms with Crippen LogP contribution >= 0.6 is 0 Å². The molecule has 2 heterocycles. The SMILES string of the molecule is COc1ccc([C@@H]2CC(c3ccccc3)=NN2C(=O)CN2C(=O)NC3(CCCC3)C2=O)cc1. The van der Waals surface area contributed by atoms with Crippen molar-refractivity contribution in [2.24, 2.45) is 5.10 Å². The van der Waals surface area contributed by atoms with Gasteiger partial charge in [-0.05, 0) is 36.1 Å². The van der Waals surface area contributed by atoms with Gasteiger partial charge in [-0.25, -0.2) is 9.80 Å². The standard InChI is InChI=1S/C25H26N4O4/c1-33-19-11-9-18(10-12-19)21-15-20(17-7-3-2-4-8-17)27-29(21)22(30)16-28-23(31)25(26-24(28)32)13-5-6-14-25/h2-4,7-12,21H,5-6,13-16H2,1H3,(H,26,32)/t21-/m0/s1. The molecule has 8 nitrogen and oxygen atoms in total. The van der Waals surface area contributed by atoms with Gasteiger partial charge in [0, 0.05) is 6.42 Å². The summed E-state index contributed by atoms with van der Waals surface area (Å²) >= 11 is 0. The fourth-order valence-corrected chi connectivity index (χ4v) is 4.98. The summed E-state index contributed by atoms with van der Waals surface area (Å²) in [5.41, 5.74) is 1.79. The average Bonchev–Trinajstić information content (AvgIpc) is 3.55. The molecule has 1 N–H and O–H groups in total. The predicted octanol–water partition coefficient (Wildman–Crippen LogP) is 3.24. The number of urea groups is 1. The first-order valence-corrected chi connectivity index (χ1v) is 11.2. The molecule has 1 atom stereocenters. The van der Waals surface area contributed by atoms with Gasteiger partial charge in [0.25, 0.3) is 11.8 Å². The van der Waals surface area contributed by atoms with Gasteiger partial charge in [0.15, 0.2) is 0 Å². The predicted molar refractivity (Wildman–Crippen MR) is 122 cm³/mol. The lowest BCUT2D eigenvalue weighted by molar-refractivity contribution is -0.140. The van der Waals surface area contributed by atoms with Gasteiger partial charge in [-0.1, -0.05) is 55.3 Å². The van der Waals surface area contributed by atoms with E-state index in [9.17, 15) is 14.4 Å². The second kappa shape index (κ2) is 8.35. The van der Waals surface area contributed by atoms with Crippen LogP contribution in [0, 0.1) is 0 Å². The Balaban J connectivity index is 1.42. The highest BCUT2D eigenvalue weighted by molar-refractivity contribution is 6.09. The topological polar surface area (TPSA) is 91.3 Å². The fraction of sp³-hybridized carbons (Fsp3) is 0.360. The van der Waals surface area contributed by atoms with Crippen LogP contribution < -0.4 is 10.1 Å². The molecule has 1 spiro atoms. The van der Waals surface area contributed by atoms with Gasteiger partial charge < -0.3 is 10.1 Å². The summed E-state index contributed by atoms with van der Waals surface area (Å²) in [5.74, 6) is 0.0334. The van der Waals surface area contributed by atoms with Crippen molar-refractivity contribution in [3.05, 3.63) is 65.7 Å². The summed E-state index contributed by atoms with van der Waals surface area (Å²) in [4.78, 5) is 40.0. The minimum atomic E-state index is -0.837. The quantitative estimate of drug-likeness (QED) is 0.714. The first-order valence-electron chi connectivity index (χ1n) is 11.2. The summed E-state index contributed by atoms with van der Waals surface area (Å²) in [7, 11) is 1.60. The highest BCUT2D eigenvalue weighted by Gasteiger charge is 2.53. The molecule has 4 amide bonds. The minimum Gasteiger partial charge on any atom is -0.497 e. The number of ether oxygens (including phenoxy) is 1. The molecule has 0 unspecified atom stereocenters. The molecule has 2 fully saturated rings. The van der Waals surface area contributed by atoms with Crippen molar-refractivity contribution in [3.8, 4) is 5.75 Å². The first kappa shape index (κ1) is 21.2. The third-order valence-electron chi connectivity index (χ3n) is 6.77. The van der Waals surface area contributed by atoms with Crippen molar-refractivity contribution in [1.82, 2.24) is 15.2 Å². The van der Waals surface area contributed by atoms with E-state index in [1.54, 1.807) is 7.11 Å². The number of carbonyl (C=O) groups is 3. The number of rotatable bonds is 5. The molecule has 1 aliphatic carbocycles. The Morgan fingerprint density at radius 1 is 1.09 bits per heavy atom. The Labute approximate surface area is 192 Å². The van der Waals surface area contributed by atoms with Crippen LogP contribution in [0.2, 0.25) is 0 Å². The summed E-state index contributed by atoms with van der Waals surface area (Å²) < 4.78 is 5.26. The van der Waals surface area contributed by atoms with Gasteiger partial charge in [0.05, 0.1) is 18.9 Å². The van der Waals surface area contributed by atoms with Crippen molar-refractivity contribution >= 4 is 23.6 Å². The van der Waals surface area contributed by atoms with E-state index >= 15 is 0 Å². The van der Waals surface area contributed by atoms with E-state index in [1.807, 2.05) is 54.6 Å². The van der Waals surface area contributed by atoms with Gasteiger partial charge in [0.2, 0.25) is 0 Å². The molecule has 0 aromatic heterocycles. The molecule has 3 aliphatic rings. The van der Waals surface area contributed by atoms with Crippen LogP contribution in [-0.2, 0) is 9.59 Å². The van der Waals surface area contributed by atoms with Crippen LogP contribution in [0.4, 0.5) is 4.79 Å². The maximum atomic E-state index is 13.4. The molecule has 1 saturated heterocycles. The van der Waals surface area contributed by atoms with Crippen LogP contribution in [0.25, 0.3) is 0 Å². The van der Waals surface area contributed by atoms with Crippen LogP contribution in [0.5, 0.6) is 5.75 Å². The number of amides is 4. The van der Waals surface area contributed by atoms with Crippen LogP contribution in [0.15, 0.2) is 59.7 Å². The molecule has 0 bridgehead atoms. The first-order chi connectivity index (χ1) is 16.0. The lowest BCUT2D eigenvalue weighted by Crippen LogP contribution is -2.45. The number of hydrogen-bond donors (Lipinski definition) is 1. The van der Waals surface area contributed by atoms with Crippen molar-refractivity contribution < 1.29 is 19.1 Å². The molecule has 5 rings (SSSR count). The lowest BCUT2D eigenvalue weighted by Gasteiger charge is -2.24. The number of carbonyl (C=O) groups excluding carboxylic acids is 3. The van der Waals surface area contributed by atoms with Crippen molar-refractivity contribution in [1.29, 1.82) is 0 Å². The largest absolute Gasteiger partial charge is 0.497 e. The molecule has 2 aromatic rings. The molecule has 2 aromatic carbocycles. The Morgan fingerprint density at radius 2 is 1.79 bits per heavy atom. The number of benzene rings is 2. The molecule has 170 valence electrons. The Hall–Kier alpha value is -3.68. The van der Waals surface area contributed by atoms with Gasteiger partial charge in [-0.3, -0.25) is 14.5 Å². The Morgan fingerprint density at radius 3 is 2.45 bits per heavy atom. The molecule has 8 heteroatoms. The van der Waals surface area contributed by atoms with Crippen molar-refractivity contribution in [2.45, 2.75) is 43.7 Å². The Kier molecular flexibility index (Phi) is 5.36. The number of imide groups is 1. The van der Waals surface area contributed by atoms with E-state index in [0.717, 1.165) is 40.3 Å². The van der Waals surface area contributed by atoms with E-state index in [4.69, 9.17) is 4.74 Å². The fourth-order valence-electron chi connectivity index (χ4n) is 4.98. The number of nitrogens with zero attached hydrogens (tertiary/aromatic N) is 3. The van der Waals surface area contributed by atoms with Gasteiger partial charge in [-0.15, -0.1) is 0 Å². The average molecular weight is 447 g/mol. The second-order valence-corrected chi connectivity index (χ2v) is 8.75. The minimum absolute atomic E-state index is 0.300. The highest BCUT2D eigenvalue weighted by Crippen LogP contribution is 2.36. The van der Waals surface area contributed by atoms with Crippen LogP contribution in [-0.4, -0.2) is 52.7 Å². The molecule has 0 radical (unpaired) electrons. The summed E-state index contributed by atoms with van der Waals surface area (Å²) in [6.07, 6.45) is 3.56. The number of methoxy groups -OCH3 is 1. The van der Waals surface area contributed by atoms with Crippen LogP contribution in [0.1, 0.15) is 49.3 Å². The normalized spacial score (nSPS) is 21.5. The zero-order valence-corrected chi connectivity index (χ0v) is 18.5. The third-order valence-corrected chi connectivity index (χ3v) is 6.77. The maximum Gasteiger partial charge on any atom is 0.325 e. The number of hydrazone groups is 1. The summed E-state index contributed by atoms with van der Waals surface area (Å²) in [5, 5.41) is 8.89. The number of hydrogen-bond acceptors (Lipinski definition) is 5. The van der Waals surface area contributed by atoms with Gasteiger partial charge in [0.1, 0.15) is 17.8 Å². The van der Waals surface area contributed by atoms with Crippen molar-refractivity contribution in [3.63, 3.8) is 0 Å². The second-order valence-electron chi connectivity index (χ2n) is 8.75. The number of nitrogens with one attached hydrogen (secondary N) is 1. The molecular weight excluding hydrogens is 420 g/mol. The zero-order chi connectivity index (χ0) is 23.0. The van der Waals surface area contributed by atoms with E-state index in [-0.39, 0.29) is 24.4 Å². The van der Waals surface area contributed by atoms with Gasteiger partial charge >= 0.3 is 6.03 Å². The van der Waals surface area contributed by atoms with Gasteiger partial charge in [-0.2, -0.15) is 5.10 Å². The Bertz CT molecular complexity index is 1110. The van der Waals surface area contributed by atoms with E-state index in [2.05, 4.69) is 10.4 Å². The third kappa shape index (κ3) is 3.75. The highest BCUT2D eigenvalue weighted by atomic mass is 16.5. The van der Waals surface area contributed by atoms with E-state index in [0.29, 0.717) is 19.3 Å². The summed E-state index contributed by atoms with van der Waals surface area (Å²) in [6, 6.07) is 16.4. The smallest absolute Gasteiger partial charge is 0.325 e. The maximum absolute atomic E-state index is 13.4. The van der Waals surface area contributed by atoms with Crippen LogP contribution in [0.3, 0.4) is 0 Å². The molecule has 2 aliphatic heterocycles. The van der Waals surface area contributed by atoms with Crippen molar-refractivity contribution in [2.75, 3.05) is 13.7 Å². The van der Waals surface area contributed by atoms with E-state index < -0.39 is 11.6 Å². The summed E-state index contributed by atoms with van der Waals surface area (Å²) in [6.45, 7) is -0.329. The lowest BCUT2D eigenvalue weighted by atomic mass is 9.98. The molecule has 33 heavy (non-hydrogen) atoms. The monoisotopic (exact) mass is 446 g/mol. The van der Waals surface area contributed by atoms with E-state index in [1.165, 1.54) is 5.01 Å². The molecule has 1 saturated carbocycles. The molecular formula is C25H26N4O4. The zero-order valence-electron chi connectivity index (χ0n) is 18.5.